The fraction of sp³-hybridized carbons (Fsp3) is 0.467. The van der Waals surface area contributed by atoms with Crippen LogP contribution in [0.5, 0.6) is 0 Å². The molecule has 42 heavy (non-hydrogen) atoms. The number of alkyl halides is 3. The molecule has 1 aromatic carbocycles. The average Bonchev–Trinajstić information content (AvgIpc) is 3.37. The van der Waals surface area contributed by atoms with Crippen LogP contribution in [-0.2, 0) is 17.5 Å². The van der Waals surface area contributed by atoms with Crippen molar-refractivity contribution < 1.29 is 17.9 Å². The Kier molecular flexibility index (Phi) is 8.93. The van der Waals surface area contributed by atoms with E-state index in [-0.39, 0.29) is 0 Å². The van der Waals surface area contributed by atoms with Crippen molar-refractivity contribution in [2.45, 2.75) is 52.5 Å². The zero-order chi connectivity index (χ0) is 29.9. The average molecular weight is 583 g/mol. The van der Waals surface area contributed by atoms with Crippen LogP contribution in [0, 0.1) is 0 Å². The van der Waals surface area contributed by atoms with E-state index in [0.717, 1.165) is 43.1 Å². The number of imidazole rings is 1. The number of ether oxygens (including phenoxy) is 1. The van der Waals surface area contributed by atoms with Crippen LogP contribution in [0.2, 0.25) is 0 Å². The van der Waals surface area contributed by atoms with Crippen LogP contribution in [-0.4, -0.2) is 80.9 Å². The Morgan fingerprint density at radius 3 is 2.29 bits per heavy atom. The first-order valence-electron chi connectivity index (χ1n) is 14.3. The van der Waals surface area contributed by atoms with Gasteiger partial charge in [-0.2, -0.15) is 13.2 Å². The maximum Gasteiger partial charge on any atom is 0.416 e. The van der Waals surface area contributed by atoms with Gasteiger partial charge in [-0.1, -0.05) is 12.1 Å². The van der Waals surface area contributed by atoms with Gasteiger partial charge >= 0.3 is 6.18 Å². The van der Waals surface area contributed by atoms with Gasteiger partial charge < -0.3 is 19.5 Å². The molecule has 3 aromatic heterocycles. The van der Waals surface area contributed by atoms with Crippen LogP contribution in [0.3, 0.4) is 0 Å². The van der Waals surface area contributed by atoms with Crippen molar-refractivity contribution >= 4 is 22.8 Å². The Bertz CT molecular complexity index is 1460. The molecule has 9 nitrogen and oxygen atoms in total. The summed E-state index contributed by atoms with van der Waals surface area (Å²) in [6.45, 7) is 13.4. The molecule has 0 amide bonds. The van der Waals surface area contributed by atoms with Gasteiger partial charge in [0, 0.05) is 50.0 Å². The van der Waals surface area contributed by atoms with Gasteiger partial charge in [0.05, 0.1) is 31.6 Å². The van der Waals surface area contributed by atoms with Crippen LogP contribution in [0.1, 0.15) is 38.8 Å². The van der Waals surface area contributed by atoms with Crippen LogP contribution in [0.25, 0.3) is 22.6 Å². The highest BCUT2D eigenvalue weighted by atomic mass is 19.4. The van der Waals surface area contributed by atoms with Gasteiger partial charge in [0.2, 0.25) is 0 Å². The lowest BCUT2D eigenvalue weighted by Crippen LogP contribution is -2.40. The molecular formula is C30H37F3N8O. The molecule has 5 rings (SSSR count). The number of pyridine rings is 1. The van der Waals surface area contributed by atoms with Gasteiger partial charge in [-0.05, 0) is 57.5 Å². The van der Waals surface area contributed by atoms with Crippen molar-refractivity contribution in [1.82, 2.24) is 29.4 Å². The third-order valence-corrected chi connectivity index (χ3v) is 7.43. The van der Waals surface area contributed by atoms with E-state index in [1.54, 1.807) is 12.5 Å². The quantitative estimate of drug-likeness (QED) is 0.269. The maximum atomic E-state index is 13.1. The number of fused-ring (bicyclic) bond motifs is 1. The van der Waals surface area contributed by atoms with Crippen molar-refractivity contribution in [1.29, 1.82) is 0 Å². The highest BCUT2D eigenvalue weighted by Crippen LogP contribution is 2.30. The Hall–Kier alpha value is -3.77. The molecule has 1 aliphatic rings. The van der Waals surface area contributed by atoms with Crippen molar-refractivity contribution in [2.24, 2.45) is 0 Å². The summed E-state index contributed by atoms with van der Waals surface area (Å²) in [5, 5.41) is 3.47. The van der Waals surface area contributed by atoms with Crippen LogP contribution in [0.4, 0.5) is 24.8 Å². The summed E-state index contributed by atoms with van der Waals surface area (Å²) < 4.78 is 46.5. The Morgan fingerprint density at radius 2 is 1.67 bits per heavy atom. The van der Waals surface area contributed by atoms with E-state index < -0.39 is 11.7 Å². The normalized spacial score (nSPS) is 14.5. The van der Waals surface area contributed by atoms with Gasteiger partial charge in [0.1, 0.15) is 11.3 Å². The monoisotopic (exact) mass is 582 g/mol. The minimum absolute atomic E-state index is 0.313. The standard InChI is InChI=1S/C30H37F3N8O/c1-20(2)41(21(3)4)12-11-34-28-26-29(40(19-36-26)18-22-5-8-24(9-6-22)30(31,32)33)38-27(37-28)23-7-10-25(35-17-23)39-13-15-42-16-14-39/h5-10,17,19-21H,11-16,18H2,1-4H3,(H,34,37,38). The number of benzene rings is 1. The van der Waals surface area contributed by atoms with Gasteiger partial charge in [0.15, 0.2) is 17.3 Å². The summed E-state index contributed by atoms with van der Waals surface area (Å²) >= 11 is 0. The first-order valence-corrected chi connectivity index (χ1v) is 14.3. The van der Waals surface area contributed by atoms with E-state index in [2.05, 4.69) is 52.8 Å². The molecule has 0 aliphatic carbocycles. The summed E-state index contributed by atoms with van der Waals surface area (Å²) in [4.78, 5) is 23.5. The van der Waals surface area contributed by atoms with Crippen LogP contribution < -0.4 is 10.2 Å². The van der Waals surface area contributed by atoms with E-state index in [1.165, 1.54) is 12.1 Å². The smallest absolute Gasteiger partial charge is 0.378 e. The molecule has 4 heterocycles. The molecule has 4 aromatic rings. The van der Waals surface area contributed by atoms with Gasteiger partial charge in [0.25, 0.3) is 0 Å². The second kappa shape index (κ2) is 12.6. The number of hydrogen-bond donors (Lipinski definition) is 1. The molecule has 0 spiro atoms. The number of halogens is 3. The van der Waals surface area contributed by atoms with Crippen molar-refractivity contribution in [3.8, 4) is 11.4 Å². The topological polar surface area (TPSA) is 84.2 Å². The fourth-order valence-corrected chi connectivity index (χ4v) is 5.22. The lowest BCUT2D eigenvalue weighted by Gasteiger charge is -2.30. The zero-order valence-electron chi connectivity index (χ0n) is 24.4. The molecule has 224 valence electrons. The molecule has 12 heteroatoms. The summed E-state index contributed by atoms with van der Waals surface area (Å²) in [6.07, 6.45) is -0.957. The molecule has 0 bridgehead atoms. The fourth-order valence-electron chi connectivity index (χ4n) is 5.22. The largest absolute Gasteiger partial charge is 0.416 e. The van der Waals surface area contributed by atoms with E-state index >= 15 is 0 Å². The predicted octanol–water partition coefficient (Wildman–Crippen LogP) is 5.32. The predicted molar refractivity (Wildman–Crippen MR) is 158 cm³/mol. The molecule has 0 saturated carbocycles. The number of hydrogen-bond acceptors (Lipinski definition) is 8. The first-order chi connectivity index (χ1) is 20.1. The Labute approximate surface area is 243 Å². The molecule has 0 atom stereocenters. The maximum absolute atomic E-state index is 13.1. The number of rotatable bonds is 10. The summed E-state index contributed by atoms with van der Waals surface area (Å²) in [7, 11) is 0. The summed E-state index contributed by atoms with van der Waals surface area (Å²) in [5.41, 5.74) is 1.97. The van der Waals surface area contributed by atoms with E-state index in [0.29, 0.717) is 66.8 Å². The van der Waals surface area contributed by atoms with E-state index in [4.69, 9.17) is 14.7 Å². The van der Waals surface area contributed by atoms with E-state index in [9.17, 15) is 13.2 Å². The first kappa shape index (κ1) is 29.7. The highest BCUT2D eigenvalue weighted by Gasteiger charge is 2.30. The third-order valence-electron chi connectivity index (χ3n) is 7.43. The summed E-state index contributed by atoms with van der Waals surface area (Å²) in [5.74, 6) is 1.96. The van der Waals surface area contributed by atoms with Crippen molar-refractivity contribution in [3.05, 3.63) is 60.0 Å². The van der Waals surface area contributed by atoms with Gasteiger partial charge in [-0.25, -0.2) is 19.9 Å². The lowest BCUT2D eigenvalue weighted by atomic mass is 10.1. The molecule has 0 radical (unpaired) electrons. The SMILES string of the molecule is CC(C)N(CCNc1nc(-c2ccc(N3CCOCC3)nc2)nc2c1ncn2Cc1ccc(C(F)(F)F)cc1)C(C)C. The number of morpholine rings is 1. The second-order valence-electron chi connectivity index (χ2n) is 11.0. The molecule has 1 saturated heterocycles. The van der Waals surface area contributed by atoms with Crippen LogP contribution in [0.15, 0.2) is 48.9 Å². The number of anilines is 2. The van der Waals surface area contributed by atoms with Crippen molar-refractivity contribution in [2.75, 3.05) is 49.6 Å². The second-order valence-corrected chi connectivity index (χ2v) is 11.0. The van der Waals surface area contributed by atoms with Crippen molar-refractivity contribution in [3.63, 3.8) is 0 Å². The third kappa shape index (κ3) is 6.81. The Morgan fingerprint density at radius 1 is 0.952 bits per heavy atom. The minimum atomic E-state index is -4.38. The Balaban J connectivity index is 1.46. The number of aromatic nitrogens is 5. The number of nitrogens with zero attached hydrogens (tertiary/aromatic N) is 7. The van der Waals surface area contributed by atoms with Crippen LogP contribution >= 0.6 is 0 Å². The zero-order valence-corrected chi connectivity index (χ0v) is 24.4. The molecule has 1 N–H and O–H groups in total. The molecule has 0 unspecified atom stereocenters. The highest BCUT2D eigenvalue weighted by molar-refractivity contribution is 5.85. The minimum Gasteiger partial charge on any atom is -0.378 e. The summed E-state index contributed by atoms with van der Waals surface area (Å²) in [6, 6.07) is 9.87. The molecule has 1 aliphatic heterocycles. The molecule has 1 fully saturated rings. The van der Waals surface area contributed by atoms with Gasteiger partial charge in [-0.3, -0.25) is 4.90 Å². The molecular weight excluding hydrogens is 545 g/mol. The van der Waals surface area contributed by atoms with Gasteiger partial charge in [-0.15, -0.1) is 0 Å². The van der Waals surface area contributed by atoms with E-state index in [1.807, 2.05) is 16.7 Å². The lowest BCUT2D eigenvalue weighted by molar-refractivity contribution is -0.137. The number of nitrogens with one attached hydrogen (secondary N) is 1.